The van der Waals surface area contributed by atoms with Crippen LogP contribution in [0.4, 0.5) is 0 Å². The normalized spacial score (nSPS) is 10.8. The van der Waals surface area contributed by atoms with Gasteiger partial charge >= 0.3 is 0 Å². The minimum absolute atomic E-state index is 0.0193. The molecule has 0 spiro atoms. The van der Waals surface area contributed by atoms with E-state index in [-0.39, 0.29) is 5.91 Å². The number of carbonyl (C=O) groups is 1. The molecule has 1 aromatic carbocycles. The van der Waals surface area contributed by atoms with Gasteiger partial charge in [-0.05, 0) is 5.56 Å². The van der Waals surface area contributed by atoms with Gasteiger partial charge in [-0.2, -0.15) is 10.1 Å². The van der Waals surface area contributed by atoms with Crippen LogP contribution in [0.5, 0.6) is 0 Å². The monoisotopic (exact) mass is 325 g/mol. The van der Waals surface area contributed by atoms with Gasteiger partial charge in [0.15, 0.2) is 0 Å². The van der Waals surface area contributed by atoms with Crippen LogP contribution in [0.2, 0.25) is 0 Å². The second kappa shape index (κ2) is 7.08. The van der Waals surface area contributed by atoms with Crippen LogP contribution >= 0.6 is 0 Å². The molecule has 0 aliphatic carbocycles. The lowest BCUT2D eigenvalue weighted by Gasteiger charge is -2.20. The summed E-state index contributed by atoms with van der Waals surface area (Å²) in [6, 6.07) is 9.89. The Morgan fingerprint density at radius 3 is 2.75 bits per heavy atom. The maximum atomic E-state index is 11.8. The Kier molecular flexibility index (Phi) is 4.69. The van der Waals surface area contributed by atoms with E-state index in [0.29, 0.717) is 31.2 Å². The van der Waals surface area contributed by atoms with Crippen molar-refractivity contribution in [1.29, 1.82) is 0 Å². The number of aromatic nitrogens is 4. The number of rotatable bonds is 6. The minimum Gasteiger partial charge on any atom is -0.339 e. The van der Waals surface area contributed by atoms with Crippen molar-refractivity contribution < 1.29 is 9.32 Å². The Labute approximate surface area is 139 Å². The summed E-state index contributed by atoms with van der Waals surface area (Å²) in [5, 5.41) is 8.05. The van der Waals surface area contributed by atoms with E-state index in [1.807, 2.05) is 43.6 Å². The predicted octanol–water partition coefficient (Wildman–Crippen LogP) is 2.06. The summed E-state index contributed by atoms with van der Waals surface area (Å²) in [7, 11) is 1.83. The number of nitrogens with zero attached hydrogens (tertiary/aromatic N) is 5. The highest BCUT2D eigenvalue weighted by Gasteiger charge is 2.14. The molecule has 0 aliphatic heterocycles. The van der Waals surface area contributed by atoms with Gasteiger partial charge in [-0.1, -0.05) is 35.5 Å². The van der Waals surface area contributed by atoms with Crippen molar-refractivity contribution in [2.45, 2.75) is 19.9 Å². The molecule has 0 saturated heterocycles. The molecule has 7 nitrogen and oxygen atoms in total. The second-order valence-electron chi connectivity index (χ2n) is 5.59. The van der Waals surface area contributed by atoms with Crippen LogP contribution in [0.25, 0.3) is 11.4 Å². The lowest BCUT2D eigenvalue weighted by Crippen LogP contribution is -2.30. The van der Waals surface area contributed by atoms with Crippen LogP contribution < -0.4 is 0 Å². The van der Waals surface area contributed by atoms with Crippen LogP contribution in [0.15, 0.2) is 47.2 Å². The fraction of sp³-hybridized carbons (Fsp3) is 0.294. The van der Waals surface area contributed by atoms with Gasteiger partial charge in [0, 0.05) is 39.7 Å². The molecule has 0 saturated carbocycles. The highest BCUT2D eigenvalue weighted by atomic mass is 16.5. The Bertz CT molecular complexity index is 809. The maximum Gasteiger partial charge on any atom is 0.228 e. The second-order valence-corrected chi connectivity index (χ2v) is 5.59. The van der Waals surface area contributed by atoms with Gasteiger partial charge in [0.1, 0.15) is 0 Å². The third-order valence-electron chi connectivity index (χ3n) is 3.69. The van der Waals surface area contributed by atoms with Gasteiger partial charge in [-0.25, -0.2) is 0 Å². The van der Waals surface area contributed by atoms with Gasteiger partial charge in [-0.3, -0.25) is 9.48 Å². The Morgan fingerprint density at radius 1 is 1.29 bits per heavy atom. The van der Waals surface area contributed by atoms with Gasteiger partial charge in [0.25, 0.3) is 0 Å². The first-order valence-electron chi connectivity index (χ1n) is 7.73. The lowest BCUT2D eigenvalue weighted by molar-refractivity contribution is -0.129. The first-order chi connectivity index (χ1) is 11.6. The predicted molar refractivity (Wildman–Crippen MR) is 87.7 cm³/mol. The first kappa shape index (κ1) is 15.9. The van der Waals surface area contributed by atoms with E-state index in [1.165, 1.54) is 0 Å². The molecular formula is C17H19N5O2. The molecule has 1 amide bonds. The molecule has 0 radical (unpaired) electrons. The van der Waals surface area contributed by atoms with Crippen LogP contribution in [-0.2, 0) is 24.8 Å². The Morgan fingerprint density at radius 2 is 2.08 bits per heavy atom. The number of carbonyl (C=O) groups excluding carboxylic acids is 1. The summed E-state index contributed by atoms with van der Waals surface area (Å²) >= 11 is 0. The van der Waals surface area contributed by atoms with Gasteiger partial charge in [0.2, 0.25) is 17.6 Å². The van der Waals surface area contributed by atoms with E-state index >= 15 is 0 Å². The summed E-state index contributed by atoms with van der Waals surface area (Å²) in [4.78, 5) is 18.0. The molecule has 124 valence electrons. The molecule has 0 aliphatic rings. The standard InChI is InChI=1S/C17H19N5O2/c1-13(23)22(11-14-6-4-3-5-7-14)9-8-16-19-17(20-24-16)15-10-18-21(2)12-15/h3-7,10,12H,8-9,11H2,1-2H3. The minimum atomic E-state index is 0.0193. The largest absolute Gasteiger partial charge is 0.339 e. The molecule has 2 aromatic heterocycles. The molecular weight excluding hydrogens is 306 g/mol. The molecule has 7 heteroatoms. The molecule has 24 heavy (non-hydrogen) atoms. The zero-order chi connectivity index (χ0) is 16.9. The zero-order valence-electron chi connectivity index (χ0n) is 13.7. The fourth-order valence-corrected chi connectivity index (χ4v) is 2.39. The van der Waals surface area contributed by atoms with E-state index in [0.717, 1.165) is 11.1 Å². The first-order valence-corrected chi connectivity index (χ1v) is 7.73. The van der Waals surface area contributed by atoms with Crippen LogP contribution in [0.1, 0.15) is 18.4 Å². The van der Waals surface area contributed by atoms with Crippen molar-refractivity contribution in [3.8, 4) is 11.4 Å². The Hall–Kier alpha value is -2.96. The van der Waals surface area contributed by atoms with Crippen LogP contribution in [0.3, 0.4) is 0 Å². The zero-order valence-corrected chi connectivity index (χ0v) is 13.7. The van der Waals surface area contributed by atoms with E-state index in [2.05, 4.69) is 15.2 Å². The topological polar surface area (TPSA) is 77.1 Å². The molecule has 3 rings (SSSR count). The summed E-state index contributed by atoms with van der Waals surface area (Å²) in [6.45, 7) is 2.66. The number of hydrogen-bond donors (Lipinski definition) is 0. The summed E-state index contributed by atoms with van der Waals surface area (Å²) in [5.41, 5.74) is 1.90. The number of hydrogen-bond acceptors (Lipinski definition) is 5. The van der Waals surface area contributed by atoms with Crippen molar-refractivity contribution in [2.24, 2.45) is 7.05 Å². The molecule has 0 unspecified atom stereocenters. The van der Waals surface area contributed by atoms with E-state index in [4.69, 9.17) is 4.52 Å². The number of amides is 1. The van der Waals surface area contributed by atoms with Gasteiger partial charge < -0.3 is 9.42 Å². The highest BCUT2D eigenvalue weighted by Crippen LogP contribution is 2.14. The van der Waals surface area contributed by atoms with Crippen molar-refractivity contribution in [2.75, 3.05) is 6.54 Å². The van der Waals surface area contributed by atoms with Crippen molar-refractivity contribution in [3.05, 3.63) is 54.2 Å². The number of aryl methyl sites for hydroxylation is 1. The summed E-state index contributed by atoms with van der Waals surface area (Å²) in [5.74, 6) is 1.04. The average molecular weight is 325 g/mol. The quantitative estimate of drug-likeness (QED) is 0.693. The molecule has 0 fully saturated rings. The van der Waals surface area contributed by atoms with Crippen LogP contribution in [0, 0.1) is 0 Å². The molecule has 0 bridgehead atoms. The molecule has 0 N–H and O–H groups in total. The number of benzene rings is 1. The summed E-state index contributed by atoms with van der Waals surface area (Å²) in [6.07, 6.45) is 4.03. The molecule has 3 aromatic rings. The van der Waals surface area contributed by atoms with E-state index in [9.17, 15) is 4.79 Å². The van der Waals surface area contributed by atoms with Crippen molar-refractivity contribution >= 4 is 5.91 Å². The maximum absolute atomic E-state index is 11.8. The molecule has 2 heterocycles. The highest BCUT2D eigenvalue weighted by molar-refractivity contribution is 5.73. The van der Waals surface area contributed by atoms with Gasteiger partial charge in [0.05, 0.1) is 11.8 Å². The smallest absolute Gasteiger partial charge is 0.228 e. The van der Waals surface area contributed by atoms with E-state index < -0.39 is 0 Å². The SMILES string of the molecule is CC(=O)N(CCc1nc(-c2cnn(C)c2)no1)Cc1ccccc1. The van der Waals surface area contributed by atoms with Gasteiger partial charge in [-0.15, -0.1) is 0 Å². The van der Waals surface area contributed by atoms with Crippen molar-refractivity contribution in [3.63, 3.8) is 0 Å². The average Bonchev–Trinajstić information content (AvgIpc) is 3.21. The van der Waals surface area contributed by atoms with Crippen LogP contribution in [-0.4, -0.2) is 37.3 Å². The lowest BCUT2D eigenvalue weighted by atomic mass is 10.2. The molecule has 0 atom stereocenters. The third-order valence-corrected chi connectivity index (χ3v) is 3.69. The summed E-state index contributed by atoms with van der Waals surface area (Å²) < 4.78 is 6.96. The van der Waals surface area contributed by atoms with E-state index in [1.54, 1.807) is 22.7 Å². The fourth-order valence-electron chi connectivity index (χ4n) is 2.39. The van der Waals surface area contributed by atoms with Crippen molar-refractivity contribution in [1.82, 2.24) is 24.8 Å². The Balaban J connectivity index is 1.63. The third kappa shape index (κ3) is 3.87.